The lowest BCUT2D eigenvalue weighted by Crippen LogP contribution is -2.30. The van der Waals surface area contributed by atoms with Crippen molar-refractivity contribution >= 4 is 33.3 Å². The van der Waals surface area contributed by atoms with Crippen molar-refractivity contribution in [2.75, 3.05) is 49.8 Å². The van der Waals surface area contributed by atoms with Crippen LogP contribution in [0.2, 0.25) is 0 Å². The predicted octanol–water partition coefficient (Wildman–Crippen LogP) is 1.89. The molecule has 1 amide bonds. The van der Waals surface area contributed by atoms with Crippen molar-refractivity contribution in [1.82, 2.24) is 4.90 Å². The van der Waals surface area contributed by atoms with Crippen molar-refractivity contribution in [2.24, 2.45) is 0 Å². The number of carbonyl (C=O) groups excluding carboxylic acids is 2. The lowest BCUT2D eigenvalue weighted by Gasteiger charge is -2.18. The third-order valence-electron chi connectivity index (χ3n) is 5.19. The molecule has 0 saturated heterocycles. The molecular formula is C22H27N3O5S. The molecule has 8 nitrogen and oxygen atoms in total. The monoisotopic (exact) mass is 445 g/mol. The molecule has 166 valence electrons. The second kappa shape index (κ2) is 8.97. The first-order valence-electron chi connectivity index (χ1n) is 9.84. The Hall–Kier alpha value is -3.07. The molecule has 0 spiro atoms. The number of esters is 1. The fourth-order valence-electron chi connectivity index (χ4n) is 3.43. The second-order valence-corrected chi connectivity index (χ2v) is 9.72. The highest BCUT2D eigenvalue weighted by atomic mass is 32.2. The molecule has 0 saturated carbocycles. The number of rotatable bonds is 7. The van der Waals surface area contributed by atoms with Crippen LogP contribution in [0.4, 0.5) is 11.4 Å². The van der Waals surface area contributed by atoms with Gasteiger partial charge in [-0.3, -0.25) is 9.10 Å². The molecule has 0 fully saturated rings. The van der Waals surface area contributed by atoms with Gasteiger partial charge < -0.3 is 14.5 Å². The van der Waals surface area contributed by atoms with Crippen molar-refractivity contribution in [3.63, 3.8) is 0 Å². The number of carbonyl (C=O) groups is 2. The van der Waals surface area contributed by atoms with Crippen LogP contribution in [0.5, 0.6) is 0 Å². The maximum atomic E-state index is 12.4. The van der Waals surface area contributed by atoms with Gasteiger partial charge in [-0.25, -0.2) is 13.2 Å². The van der Waals surface area contributed by atoms with Gasteiger partial charge in [-0.05, 0) is 47.9 Å². The summed E-state index contributed by atoms with van der Waals surface area (Å²) in [5, 5.41) is 0. The Morgan fingerprint density at radius 3 is 2.35 bits per heavy atom. The molecule has 0 bridgehead atoms. The van der Waals surface area contributed by atoms with Gasteiger partial charge in [0.05, 0.1) is 17.5 Å². The van der Waals surface area contributed by atoms with Crippen molar-refractivity contribution < 1.29 is 22.7 Å². The Bertz CT molecular complexity index is 1080. The summed E-state index contributed by atoms with van der Waals surface area (Å²) in [6.07, 6.45) is 1.68. The topological polar surface area (TPSA) is 87.2 Å². The van der Waals surface area contributed by atoms with Crippen molar-refractivity contribution in [3.8, 4) is 0 Å². The van der Waals surface area contributed by atoms with Gasteiger partial charge in [0, 0.05) is 39.9 Å². The molecule has 1 aliphatic heterocycles. The highest BCUT2D eigenvalue weighted by molar-refractivity contribution is 7.92. The summed E-state index contributed by atoms with van der Waals surface area (Å²) in [5.41, 5.74) is 3.69. The molecule has 2 aromatic carbocycles. The third-order valence-corrected chi connectivity index (χ3v) is 6.37. The summed E-state index contributed by atoms with van der Waals surface area (Å²) >= 11 is 0. The minimum Gasteiger partial charge on any atom is -0.452 e. The fraction of sp³-hybridized carbons (Fsp3) is 0.364. The normalized spacial score (nSPS) is 13.0. The molecule has 3 rings (SSSR count). The van der Waals surface area contributed by atoms with Gasteiger partial charge in [0.25, 0.3) is 5.91 Å². The van der Waals surface area contributed by atoms with E-state index in [2.05, 4.69) is 0 Å². The first kappa shape index (κ1) is 22.6. The van der Waals surface area contributed by atoms with Crippen molar-refractivity contribution in [2.45, 2.75) is 13.0 Å². The van der Waals surface area contributed by atoms with Crippen LogP contribution in [0.25, 0.3) is 0 Å². The first-order chi connectivity index (χ1) is 14.6. The maximum Gasteiger partial charge on any atom is 0.338 e. The van der Waals surface area contributed by atoms with E-state index >= 15 is 0 Å². The number of sulfonamides is 1. The number of hydrogen-bond acceptors (Lipinski definition) is 6. The zero-order chi connectivity index (χ0) is 22.8. The number of anilines is 2. The summed E-state index contributed by atoms with van der Waals surface area (Å²) in [5.74, 6) is -0.924. The van der Waals surface area contributed by atoms with Crippen LogP contribution in [0, 0.1) is 0 Å². The van der Waals surface area contributed by atoms with Crippen molar-refractivity contribution in [3.05, 3.63) is 59.2 Å². The highest BCUT2D eigenvalue weighted by Crippen LogP contribution is 2.30. The van der Waals surface area contributed by atoms with E-state index in [9.17, 15) is 18.0 Å². The number of amides is 1. The van der Waals surface area contributed by atoms with E-state index in [1.165, 1.54) is 15.3 Å². The molecule has 2 aromatic rings. The van der Waals surface area contributed by atoms with Gasteiger partial charge in [-0.2, -0.15) is 0 Å². The average Bonchev–Trinajstić information content (AvgIpc) is 3.15. The zero-order valence-electron chi connectivity index (χ0n) is 18.2. The van der Waals surface area contributed by atoms with E-state index in [4.69, 9.17) is 4.74 Å². The lowest BCUT2D eigenvalue weighted by atomic mass is 10.1. The number of ether oxygens (including phenoxy) is 1. The van der Waals surface area contributed by atoms with Crippen LogP contribution in [0.3, 0.4) is 0 Å². The molecule has 1 heterocycles. The average molecular weight is 446 g/mol. The smallest absolute Gasteiger partial charge is 0.338 e. The van der Waals surface area contributed by atoms with Crippen LogP contribution < -0.4 is 9.21 Å². The van der Waals surface area contributed by atoms with E-state index in [0.717, 1.165) is 23.1 Å². The molecule has 0 unspecified atom stereocenters. The molecule has 0 atom stereocenters. The highest BCUT2D eigenvalue weighted by Gasteiger charge is 2.27. The largest absolute Gasteiger partial charge is 0.452 e. The van der Waals surface area contributed by atoms with Gasteiger partial charge in [-0.1, -0.05) is 12.1 Å². The van der Waals surface area contributed by atoms with Crippen LogP contribution in [-0.4, -0.2) is 65.7 Å². The minimum absolute atomic E-state index is 0.295. The molecule has 1 aliphatic rings. The number of benzene rings is 2. The Labute approximate surface area is 183 Å². The first-order valence-corrected chi connectivity index (χ1v) is 11.7. The summed E-state index contributed by atoms with van der Waals surface area (Å²) in [6.45, 7) is 0.396. The van der Waals surface area contributed by atoms with Gasteiger partial charge >= 0.3 is 5.97 Å². The van der Waals surface area contributed by atoms with E-state index in [-0.39, 0.29) is 12.5 Å². The van der Waals surface area contributed by atoms with Gasteiger partial charge in [0.1, 0.15) is 0 Å². The summed E-state index contributed by atoms with van der Waals surface area (Å²) < 4.78 is 30.2. The predicted molar refractivity (Wildman–Crippen MR) is 120 cm³/mol. The molecule has 0 radical (unpaired) electrons. The minimum atomic E-state index is -3.35. The Kier molecular flexibility index (Phi) is 6.54. The van der Waals surface area contributed by atoms with E-state index in [0.29, 0.717) is 30.8 Å². The summed E-state index contributed by atoms with van der Waals surface area (Å²) in [4.78, 5) is 28.2. The lowest BCUT2D eigenvalue weighted by molar-refractivity contribution is -0.133. The Morgan fingerprint density at radius 2 is 1.74 bits per heavy atom. The molecular weight excluding hydrogens is 418 g/mol. The fourth-order valence-corrected chi connectivity index (χ4v) is 4.38. The zero-order valence-corrected chi connectivity index (χ0v) is 19.0. The van der Waals surface area contributed by atoms with Crippen LogP contribution >= 0.6 is 0 Å². The summed E-state index contributed by atoms with van der Waals surface area (Å²) in [7, 11) is 2.23. The summed E-state index contributed by atoms with van der Waals surface area (Å²) in [6, 6.07) is 12.6. The third kappa shape index (κ3) is 5.35. The van der Waals surface area contributed by atoms with Crippen LogP contribution in [0.1, 0.15) is 21.5 Å². The quantitative estimate of drug-likeness (QED) is 0.605. The molecule has 0 aliphatic carbocycles. The Balaban J connectivity index is 1.56. The van der Waals surface area contributed by atoms with Crippen LogP contribution in [0.15, 0.2) is 42.5 Å². The number of nitrogens with zero attached hydrogens (tertiary/aromatic N) is 3. The number of likely N-dealkylation sites (N-methyl/N-ethyl adjacent to an activating group) is 1. The van der Waals surface area contributed by atoms with Gasteiger partial charge in [0.2, 0.25) is 10.0 Å². The Morgan fingerprint density at radius 1 is 1.06 bits per heavy atom. The molecule has 9 heteroatoms. The SMILES string of the molecule is CN(Cc1ccc(N(C)C)cc1)C(=O)COC(=O)c1ccc2c(c1)CCN2S(C)(=O)=O. The maximum absolute atomic E-state index is 12.4. The second-order valence-electron chi connectivity index (χ2n) is 7.82. The van der Waals surface area contributed by atoms with Crippen LogP contribution in [-0.2, 0) is 32.5 Å². The van der Waals surface area contributed by atoms with E-state index < -0.39 is 16.0 Å². The molecule has 0 aromatic heterocycles. The number of hydrogen-bond donors (Lipinski definition) is 0. The standard InChI is InChI=1S/C22H27N3O5S/c1-23(2)19-8-5-16(6-9-19)14-24(3)21(26)15-30-22(27)18-7-10-20-17(13-18)11-12-25(20)31(4,28)29/h5-10,13H,11-12,14-15H2,1-4H3. The van der Waals surface area contributed by atoms with E-state index in [1.807, 2.05) is 43.3 Å². The van der Waals surface area contributed by atoms with Crippen molar-refractivity contribution in [1.29, 1.82) is 0 Å². The van der Waals surface area contributed by atoms with Gasteiger partial charge in [0.15, 0.2) is 6.61 Å². The molecule has 0 N–H and O–H groups in total. The van der Waals surface area contributed by atoms with Gasteiger partial charge in [-0.15, -0.1) is 0 Å². The molecule has 31 heavy (non-hydrogen) atoms. The van der Waals surface area contributed by atoms with E-state index in [1.54, 1.807) is 19.2 Å². The number of fused-ring (bicyclic) bond motifs is 1.